The zero-order valence-corrected chi connectivity index (χ0v) is 13.8. The molecule has 0 amide bonds. The van der Waals surface area contributed by atoms with Gasteiger partial charge in [-0.3, -0.25) is 0 Å². The number of anilines is 1. The second-order valence-corrected chi connectivity index (χ2v) is 6.01. The second-order valence-electron chi connectivity index (χ2n) is 5.63. The number of hydrogen-bond acceptors (Lipinski definition) is 6. The van der Waals surface area contributed by atoms with Crippen molar-refractivity contribution in [1.82, 2.24) is 4.98 Å². The van der Waals surface area contributed by atoms with Crippen LogP contribution in [0.4, 0.5) is 5.69 Å². The van der Waals surface area contributed by atoms with E-state index in [1.165, 1.54) is 5.56 Å². The minimum atomic E-state index is -0.843. The average Bonchev–Trinajstić information content (AvgIpc) is 3.00. The summed E-state index contributed by atoms with van der Waals surface area (Å²) in [5, 5.41) is 13.6. The molecule has 4 N–H and O–H groups in total. The lowest BCUT2D eigenvalue weighted by molar-refractivity contribution is 0.208. The van der Waals surface area contributed by atoms with Gasteiger partial charge in [-0.1, -0.05) is 23.7 Å². The molecule has 3 rings (SSSR count). The topological polar surface area (TPSA) is 92.8 Å². The third-order valence-corrected chi connectivity index (χ3v) is 4.03. The van der Waals surface area contributed by atoms with E-state index in [1.807, 2.05) is 24.3 Å². The van der Waals surface area contributed by atoms with Crippen molar-refractivity contribution in [2.24, 2.45) is 10.7 Å². The normalized spacial score (nSPS) is 17.9. The number of rotatable bonds is 6. The maximum absolute atomic E-state index is 10.2. The summed E-state index contributed by atoms with van der Waals surface area (Å²) in [6, 6.07) is 11.7. The van der Waals surface area contributed by atoms with Crippen LogP contribution in [0.25, 0.3) is 0 Å². The first kappa shape index (κ1) is 16.5. The fourth-order valence-corrected chi connectivity index (χ4v) is 2.70. The number of nitrogens with zero attached hydrogens (tertiary/aromatic N) is 2. The number of halogens is 1. The van der Waals surface area contributed by atoms with E-state index >= 15 is 0 Å². The highest BCUT2D eigenvalue weighted by Crippen LogP contribution is 2.20. The van der Waals surface area contributed by atoms with Crippen LogP contribution in [-0.2, 0) is 11.2 Å². The van der Waals surface area contributed by atoms with Crippen molar-refractivity contribution < 1.29 is 9.84 Å². The summed E-state index contributed by atoms with van der Waals surface area (Å²) in [5.41, 5.74) is 8.19. The molecule has 1 aromatic carbocycles. The summed E-state index contributed by atoms with van der Waals surface area (Å²) in [7, 11) is 0. The molecule has 2 unspecified atom stereocenters. The van der Waals surface area contributed by atoms with Crippen LogP contribution in [0.5, 0.6) is 0 Å². The minimum Gasteiger partial charge on any atom is -0.463 e. The van der Waals surface area contributed by atoms with Crippen LogP contribution in [0.15, 0.2) is 47.6 Å². The molecule has 24 heavy (non-hydrogen) atoms. The van der Waals surface area contributed by atoms with Crippen molar-refractivity contribution in [2.75, 3.05) is 11.9 Å². The second kappa shape index (κ2) is 7.51. The number of aliphatic imine (C=N–C) groups is 1. The van der Waals surface area contributed by atoms with Gasteiger partial charge in [0.1, 0.15) is 11.8 Å². The molecule has 2 atom stereocenters. The smallest absolute Gasteiger partial charge is 0.282 e. The highest BCUT2D eigenvalue weighted by atomic mass is 35.5. The van der Waals surface area contributed by atoms with E-state index in [-0.39, 0.29) is 12.1 Å². The van der Waals surface area contributed by atoms with Gasteiger partial charge >= 0.3 is 0 Å². The van der Waals surface area contributed by atoms with E-state index in [2.05, 4.69) is 15.3 Å². The Labute approximate surface area is 145 Å². The molecule has 0 spiro atoms. The number of aliphatic hydroxyl groups is 1. The Kier molecular flexibility index (Phi) is 5.17. The SMILES string of the molecule is NC1=NC(CCc2ccc(NC(O)c3ccnc(Cl)c3)cc2)CO1. The van der Waals surface area contributed by atoms with Crippen molar-refractivity contribution in [3.05, 3.63) is 58.9 Å². The highest BCUT2D eigenvalue weighted by Gasteiger charge is 2.16. The molecule has 1 aromatic heterocycles. The molecule has 7 heteroatoms. The molecule has 6 nitrogen and oxygen atoms in total. The summed E-state index contributed by atoms with van der Waals surface area (Å²) < 4.78 is 5.14. The Bertz CT molecular complexity index is 721. The number of nitrogens with one attached hydrogen (secondary N) is 1. The van der Waals surface area contributed by atoms with Gasteiger partial charge in [0.25, 0.3) is 6.02 Å². The molecule has 0 saturated heterocycles. The average molecular weight is 347 g/mol. The van der Waals surface area contributed by atoms with Crippen molar-refractivity contribution >= 4 is 23.3 Å². The minimum absolute atomic E-state index is 0.140. The number of amidine groups is 1. The van der Waals surface area contributed by atoms with Crippen LogP contribution in [0.3, 0.4) is 0 Å². The van der Waals surface area contributed by atoms with Crippen LogP contribution < -0.4 is 11.1 Å². The van der Waals surface area contributed by atoms with Gasteiger partial charge in [-0.2, -0.15) is 0 Å². The molecule has 1 aliphatic rings. The van der Waals surface area contributed by atoms with Crippen molar-refractivity contribution in [1.29, 1.82) is 0 Å². The summed E-state index contributed by atoms with van der Waals surface area (Å²) in [6.07, 6.45) is 2.51. The van der Waals surface area contributed by atoms with E-state index in [0.717, 1.165) is 18.5 Å². The molecule has 0 aliphatic carbocycles. The van der Waals surface area contributed by atoms with Gasteiger partial charge in [-0.25, -0.2) is 9.98 Å². The zero-order valence-electron chi connectivity index (χ0n) is 13.0. The molecular formula is C17H19ClN4O2. The summed E-state index contributed by atoms with van der Waals surface area (Å²) in [4.78, 5) is 8.11. The van der Waals surface area contributed by atoms with Gasteiger partial charge in [0.15, 0.2) is 6.23 Å². The van der Waals surface area contributed by atoms with Crippen molar-refractivity contribution in [3.63, 3.8) is 0 Å². The number of aliphatic hydroxyl groups excluding tert-OH is 1. The monoisotopic (exact) mass is 346 g/mol. The Hall–Kier alpha value is -2.31. The maximum atomic E-state index is 10.2. The van der Waals surface area contributed by atoms with Gasteiger partial charge in [0, 0.05) is 17.4 Å². The van der Waals surface area contributed by atoms with E-state index < -0.39 is 6.23 Å². The predicted molar refractivity (Wildman–Crippen MR) is 94.0 cm³/mol. The molecular weight excluding hydrogens is 328 g/mol. The van der Waals surface area contributed by atoms with E-state index in [4.69, 9.17) is 22.1 Å². The van der Waals surface area contributed by atoms with Gasteiger partial charge < -0.3 is 20.9 Å². The molecule has 2 aromatic rings. The lowest BCUT2D eigenvalue weighted by atomic mass is 10.1. The van der Waals surface area contributed by atoms with Crippen LogP contribution in [-0.4, -0.2) is 28.8 Å². The molecule has 0 saturated carbocycles. The molecule has 1 aliphatic heterocycles. The van der Waals surface area contributed by atoms with Crippen LogP contribution >= 0.6 is 11.6 Å². The lowest BCUT2D eigenvalue weighted by Gasteiger charge is -2.15. The Balaban J connectivity index is 1.54. The van der Waals surface area contributed by atoms with Crippen molar-refractivity contribution in [3.8, 4) is 0 Å². The maximum Gasteiger partial charge on any atom is 0.282 e. The number of hydrogen-bond donors (Lipinski definition) is 3. The standard InChI is InChI=1S/C17H19ClN4O2/c18-15-9-12(7-8-20-15)16(23)21-13-4-1-11(2-5-13)3-6-14-10-24-17(19)22-14/h1-2,4-5,7-9,14,16,21,23H,3,6,10H2,(H2,19,22). The summed E-state index contributed by atoms with van der Waals surface area (Å²) in [6.45, 7) is 0.562. The Morgan fingerprint density at radius 3 is 2.79 bits per heavy atom. The van der Waals surface area contributed by atoms with Crippen molar-refractivity contribution in [2.45, 2.75) is 25.1 Å². The first-order valence-electron chi connectivity index (χ1n) is 7.71. The third kappa shape index (κ3) is 4.37. The van der Waals surface area contributed by atoms with Crippen LogP contribution in [0.2, 0.25) is 5.15 Å². The number of ether oxygens (including phenoxy) is 1. The van der Waals surface area contributed by atoms with E-state index in [1.54, 1.807) is 18.3 Å². The molecule has 2 heterocycles. The molecule has 0 radical (unpaired) electrons. The first-order chi connectivity index (χ1) is 11.6. The number of nitrogens with two attached hydrogens (primary N) is 1. The number of benzene rings is 1. The van der Waals surface area contributed by atoms with Crippen LogP contribution in [0.1, 0.15) is 23.8 Å². The molecule has 0 bridgehead atoms. The van der Waals surface area contributed by atoms with E-state index in [9.17, 15) is 5.11 Å². The Morgan fingerprint density at radius 1 is 1.33 bits per heavy atom. The third-order valence-electron chi connectivity index (χ3n) is 3.82. The zero-order chi connectivity index (χ0) is 16.9. The summed E-state index contributed by atoms with van der Waals surface area (Å²) in [5.74, 6) is 0. The number of aromatic nitrogens is 1. The highest BCUT2D eigenvalue weighted by molar-refractivity contribution is 6.29. The van der Waals surface area contributed by atoms with Gasteiger partial charge in [-0.05, 0) is 42.7 Å². The number of pyridine rings is 1. The predicted octanol–water partition coefficient (Wildman–Crippen LogP) is 2.48. The van der Waals surface area contributed by atoms with Gasteiger partial charge in [0.05, 0.1) is 6.04 Å². The molecule has 0 fully saturated rings. The number of aryl methyl sites for hydroxylation is 1. The lowest BCUT2D eigenvalue weighted by Crippen LogP contribution is -2.10. The largest absolute Gasteiger partial charge is 0.463 e. The Morgan fingerprint density at radius 2 is 2.12 bits per heavy atom. The van der Waals surface area contributed by atoms with Gasteiger partial charge in [-0.15, -0.1) is 0 Å². The van der Waals surface area contributed by atoms with Gasteiger partial charge in [0.2, 0.25) is 0 Å². The first-order valence-corrected chi connectivity index (χ1v) is 8.09. The summed E-state index contributed by atoms with van der Waals surface area (Å²) >= 11 is 5.83. The van der Waals surface area contributed by atoms with Crippen LogP contribution in [0, 0.1) is 0 Å². The molecule has 126 valence electrons. The fraction of sp³-hybridized carbons (Fsp3) is 0.294. The fourth-order valence-electron chi connectivity index (χ4n) is 2.51. The van der Waals surface area contributed by atoms with E-state index in [0.29, 0.717) is 17.3 Å². The quantitative estimate of drug-likeness (QED) is 0.552.